The maximum Gasteiger partial charge on any atom is 0.228 e. The van der Waals surface area contributed by atoms with Gasteiger partial charge in [0.1, 0.15) is 0 Å². The van der Waals surface area contributed by atoms with Crippen LogP contribution in [0.4, 0.5) is 0 Å². The van der Waals surface area contributed by atoms with E-state index in [-0.39, 0.29) is 17.2 Å². The lowest BCUT2D eigenvalue weighted by atomic mass is 9.68. The fourth-order valence-corrected chi connectivity index (χ4v) is 3.29. The van der Waals surface area contributed by atoms with Crippen LogP contribution in [0.2, 0.25) is 0 Å². The van der Waals surface area contributed by atoms with Gasteiger partial charge in [0.05, 0.1) is 5.92 Å². The summed E-state index contributed by atoms with van der Waals surface area (Å²) in [6, 6.07) is 10.2. The van der Waals surface area contributed by atoms with Gasteiger partial charge in [0, 0.05) is 12.0 Å². The second-order valence-electron chi connectivity index (χ2n) is 5.17. The summed E-state index contributed by atoms with van der Waals surface area (Å²) >= 11 is 0. The second kappa shape index (κ2) is 4.15. The number of hydrogen-bond acceptors (Lipinski definition) is 2. The summed E-state index contributed by atoms with van der Waals surface area (Å²) in [5, 5.41) is 6.45. The summed E-state index contributed by atoms with van der Waals surface area (Å²) in [5.41, 5.74) is 1.31. The van der Waals surface area contributed by atoms with Crippen LogP contribution in [0.25, 0.3) is 0 Å². The molecular formula is C14H18N2O. The number of carbonyl (C=O) groups excluding carboxylic acids is 1. The van der Waals surface area contributed by atoms with Gasteiger partial charge in [-0.15, -0.1) is 0 Å². The van der Waals surface area contributed by atoms with Gasteiger partial charge in [-0.25, -0.2) is 0 Å². The van der Waals surface area contributed by atoms with Gasteiger partial charge in [-0.2, -0.15) is 0 Å². The lowest BCUT2D eigenvalue weighted by molar-refractivity contribution is -0.121. The van der Waals surface area contributed by atoms with Crippen molar-refractivity contribution in [2.75, 3.05) is 19.6 Å². The zero-order valence-electron chi connectivity index (χ0n) is 9.91. The molecule has 0 aromatic heterocycles. The van der Waals surface area contributed by atoms with Crippen molar-refractivity contribution in [1.29, 1.82) is 0 Å². The first kappa shape index (κ1) is 10.8. The predicted molar refractivity (Wildman–Crippen MR) is 66.7 cm³/mol. The molecule has 0 radical (unpaired) electrons. The molecule has 17 heavy (non-hydrogen) atoms. The molecule has 2 N–H and O–H groups in total. The average molecular weight is 230 g/mol. The highest BCUT2D eigenvalue weighted by molar-refractivity contribution is 5.87. The molecule has 3 heteroatoms. The van der Waals surface area contributed by atoms with Crippen LogP contribution < -0.4 is 10.6 Å². The minimum Gasteiger partial charge on any atom is -0.355 e. The number of rotatable bonds is 1. The zero-order valence-corrected chi connectivity index (χ0v) is 9.91. The van der Waals surface area contributed by atoms with Crippen molar-refractivity contribution in [3.8, 4) is 0 Å². The molecule has 90 valence electrons. The number of nitrogens with one attached hydrogen (secondary N) is 2. The Labute approximate surface area is 102 Å². The van der Waals surface area contributed by atoms with Crippen LogP contribution in [-0.4, -0.2) is 25.5 Å². The van der Waals surface area contributed by atoms with Crippen molar-refractivity contribution in [1.82, 2.24) is 10.6 Å². The van der Waals surface area contributed by atoms with Gasteiger partial charge in [0.25, 0.3) is 0 Å². The lowest BCUT2D eigenvalue weighted by Crippen LogP contribution is -2.41. The van der Waals surface area contributed by atoms with Crippen molar-refractivity contribution < 1.29 is 4.79 Å². The maximum absolute atomic E-state index is 12.1. The Morgan fingerprint density at radius 3 is 2.53 bits per heavy atom. The number of benzene rings is 1. The van der Waals surface area contributed by atoms with Gasteiger partial charge in [-0.1, -0.05) is 30.3 Å². The molecule has 0 aliphatic carbocycles. The van der Waals surface area contributed by atoms with Crippen LogP contribution in [0.1, 0.15) is 24.3 Å². The fourth-order valence-electron chi connectivity index (χ4n) is 3.29. The van der Waals surface area contributed by atoms with Gasteiger partial charge in [0.2, 0.25) is 5.91 Å². The largest absolute Gasteiger partial charge is 0.355 e. The van der Waals surface area contributed by atoms with E-state index in [2.05, 4.69) is 22.8 Å². The predicted octanol–water partition coefficient (Wildman–Crippen LogP) is 1.27. The van der Waals surface area contributed by atoms with Crippen LogP contribution >= 0.6 is 0 Å². The van der Waals surface area contributed by atoms with E-state index in [1.165, 1.54) is 5.56 Å². The molecule has 1 aromatic rings. The summed E-state index contributed by atoms with van der Waals surface area (Å²) in [7, 11) is 0. The normalized spacial score (nSPS) is 27.1. The second-order valence-corrected chi connectivity index (χ2v) is 5.17. The molecule has 1 spiro atoms. The average Bonchev–Trinajstić information content (AvgIpc) is 2.68. The molecule has 3 rings (SSSR count). The molecular weight excluding hydrogens is 212 g/mol. The van der Waals surface area contributed by atoms with Crippen LogP contribution in [0.3, 0.4) is 0 Å². The van der Waals surface area contributed by atoms with Crippen molar-refractivity contribution in [3.05, 3.63) is 35.9 Å². The van der Waals surface area contributed by atoms with Crippen molar-refractivity contribution in [3.63, 3.8) is 0 Å². The number of carbonyl (C=O) groups is 1. The summed E-state index contributed by atoms with van der Waals surface area (Å²) in [6.45, 7) is 2.89. The van der Waals surface area contributed by atoms with Crippen LogP contribution in [0.15, 0.2) is 30.3 Å². The Balaban J connectivity index is 1.97. The van der Waals surface area contributed by atoms with Gasteiger partial charge in [-0.05, 0) is 31.5 Å². The molecule has 2 saturated heterocycles. The quantitative estimate of drug-likeness (QED) is 0.763. The van der Waals surface area contributed by atoms with E-state index >= 15 is 0 Å². The first-order valence-corrected chi connectivity index (χ1v) is 6.35. The van der Waals surface area contributed by atoms with E-state index in [0.29, 0.717) is 0 Å². The first-order chi connectivity index (χ1) is 8.32. The van der Waals surface area contributed by atoms with E-state index in [0.717, 1.165) is 32.5 Å². The summed E-state index contributed by atoms with van der Waals surface area (Å²) in [4.78, 5) is 12.1. The molecule has 0 saturated carbocycles. The third kappa shape index (κ3) is 1.75. The van der Waals surface area contributed by atoms with Crippen LogP contribution in [0, 0.1) is 5.41 Å². The van der Waals surface area contributed by atoms with Crippen molar-refractivity contribution in [2.24, 2.45) is 5.41 Å². The number of amides is 1. The Kier molecular flexibility index (Phi) is 2.63. The van der Waals surface area contributed by atoms with Gasteiger partial charge < -0.3 is 10.6 Å². The highest BCUT2D eigenvalue weighted by Crippen LogP contribution is 2.46. The SMILES string of the molecule is O=C1NCC2(CCNCC2)[C@H]1c1ccccc1. The number of piperidine rings is 1. The van der Waals surface area contributed by atoms with Gasteiger partial charge in [-0.3, -0.25) is 4.79 Å². The first-order valence-electron chi connectivity index (χ1n) is 6.35. The minimum atomic E-state index is 0.0470. The van der Waals surface area contributed by atoms with E-state index in [4.69, 9.17) is 0 Å². The molecule has 2 heterocycles. The van der Waals surface area contributed by atoms with E-state index < -0.39 is 0 Å². The van der Waals surface area contributed by atoms with Crippen LogP contribution in [-0.2, 0) is 4.79 Å². The van der Waals surface area contributed by atoms with Gasteiger partial charge >= 0.3 is 0 Å². The molecule has 1 atom stereocenters. The zero-order chi connectivity index (χ0) is 11.7. The molecule has 1 amide bonds. The molecule has 0 bridgehead atoms. The summed E-state index contributed by atoms with van der Waals surface area (Å²) in [6.07, 6.45) is 2.18. The van der Waals surface area contributed by atoms with Gasteiger partial charge in [0.15, 0.2) is 0 Å². The van der Waals surface area contributed by atoms with Crippen LogP contribution in [0.5, 0.6) is 0 Å². The molecule has 2 aliphatic heterocycles. The standard InChI is InChI=1S/C14H18N2O/c17-13-12(11-4-2-1-3-5-11)14(10-16-13)6-8-15-9-7-14/h1-5,12,15H,6-10H2,(H,16,17)/t12-/m0/s1. The fraction of sp³-hybridized carbons (Fsp3) is 0.500. The Morgan fingerprint density at radius 1 is 1.12 bits per heavy atom. The van der Waals surface area contributed by atoms with E-state index in [1.54, 1.807) is 0 Å². The molecule has 2 aliphatic rings. The summed E-state index contributed by atoms with van der Waals surface area (Å²) < 4.78 is 0. The smallest absolute Gasteiger partial charge is 0.228 e. The minimum absolute atomic E-state index is 0.0470. The molecule has 2 fully saturated rings. The highest BCUT2D eigenvalue weighted by Gasteiger charge is 2.49. The molecule has 3 nitrogen and oxygen atoms in total. The third-order valence-electron chi connectivity index (χ3n) is 4.22. The number of hydrogen-bond donors (Lipinski definition) is 2. The monoisotopic (exact) mass is 230 g/mol. The van der Waals surface area contributed by atoms with E-state index in [1.807, 2.05) is 18.2 Å². The summed E-state index contributed by atoms with van der Waals surface area (Å²) in [5.74, 6) is 0.254. The Bertz CT molecular complexity index is 409. The highest BCUT2D eigenvalue weighted by atomic mass is 16.2. The van der Waals surface area contributed by atoms with Crippen molar-refractivity contribution >= 4 is 5.91 Å². The topological polar surface area (TPSA) is 41.1 Å². The Hall–Kier alpha value is -1.35. The molecule has 1 aromatic carbocycles. The van der Waals surface area contributed by atoms with E-state index in [9.17, 15) is 4.79 Å². The third-order valence-corrected chi connectivity index (χ3v) is 4.22. The lowest BCUT2D eigenvalue weighted by Gasteiger charge is -2.37. The van der Waals surface area contributed by atoms with Crippen molar-refractivity contribution in [2.45, 2.75) is 18.8 Å². The Morgan fingerprint density at radius 2 is 1.82 bits per heavy atom. The molecule has 0 unspecified atom stereocenters. The maximum atomic E-state index is 12.1.